The van der Waals surface area contributed by atoms with E-state index < -0.39 is 18.8 Å². The van der Waals surface area contributed by atoms with Crippen molar-refractivity contribution in [3.63, 3.8) is 0 Å². The molecular weight excluding hydrogens is 492 g/mol. The van der Waals surface area contributed by atoms with Gasteiger partial charge in [0, 0.05) is 51.8 Å². The number of benzene rings is 1. The number of hydrogen-bond donors (Lipinski definition) is 0. The Labute approximate surface area is 217 Å². The average Bonchev–Trinajstić information content (AvgIpc) is 3.16. The van der Waals surface area contributed by atoms with Crippen molar-refractivity contribution >= 4 is 17.6 Å². The minimum absolute atomic E-state index is 0.0499. The lowest BCUT2D eigenvalue weighted by molar-refractivity contribution is -0.184. The van der Waals surface area contributed by atoms with Crippen LogP contribution in [0.15, 0.2) is 24.3 Å². The summed E-state index contributed by atoms with van der Waals surface area (Å²) >= 11 is 0. The van der Waals surface area contributed by atoms with Crippen LogP contribution in [0.1, 0.15) is 65.7 Å². The van der Waals surface area contributed by atoms with Crippen LogP contribution in [0.2, 0.25) is 0 Å². The third kappa shape index (κ3) is 10.5. The predicted molar refractivity (Wildman–Crippen MR) is 134 cm³/mol. The van der Waals surface area contributed by atoms with Crippen LogP contribution < -0.4 is 4.90 Å². The number of esters is 2. The van der Waals surface area contributed by atoms with Crippen molar-refractivity contribution in [2.75, 3.05) is 44.2 Å². The molecule has 2 aliphatic heterocycles. The zero-order chi connectivity index (χ0) is 27.5. The summed E-state index contributed by atoms with van der Waals surface area (Å²) in [4.78, 5) is 27.1. The zero-order valence-corrected chi connectivity index (χ0v) is 22.1. The van der Waals surface area contributed by atoms with E-state index in [2.05, 4.69) is 28.4 Å². The quantitative estimate of drug-likeness (QED) is 0.283. The summed E-state index contributed by atoms with van der Waals surface area (Å²) < 4.78 is 56.0. The number of nitrogens with zero attached hydrogens (tertiary/aromatic N) is 2. The Bertz CT molecular complexity index is 842. The van der Waals surface area contributed by atoms with Gasteiger partial charge in [-0.05, 0) is 43.5 Å². The first-order valence-electron chi connectivity index (χ1n) is 13.1. The van der Waals surface area contributed by atoms with Gasteiger partial charge in [0.15, 0.2) is 6.61 Å². The van der Waals surface area contributed by atoms with Gasteiger partial charge in [-0.2, -0.15) is 13.2 Å². The van der Waals surface area contributed by atoms with E-state index in [0.717, 1.165) is 90.3 Å². The molecule has 2 aliphatic rings. The fourth-order valence-electron chi connectivity index (χ4n) is 4.92. The van der Waals surface area contributed by atoms with E-state index in [1.165, 1.54) is 12.1 Å². The first kappa shape index (κ1) is 30.9. The molecule has 1 unspecified atom stereocenters. The topological polar surface area (TPSA) is 59.1 Å². The Morgan fingerprint density at radius 1 is 1.08 bits per heavy atom. The van der Waals surface area contributed by atoms with Crippen LogP contribution >= 0.6 is 0 Å². The number of carbonyl (C=O) groups excluding carboxylic acids is 2. The zero-order valence-electron chi connectivity index (χ0n) is 22.1. The van der Waals surface area contributed by atoms with Gasteiger partial charge in [0.1, 0.15) is 11.9 Å². The Morgan fingerprint density at radius 2 is 1.73 bits per heavy atom. The number of anilines is 1. The minimum atomic E-state index is -4.41. The molecule has 2 heterocycles. The predicted octanol–water partition coefficient (Wildman–Crippen LogP) is 5.74. The van der Waals surface area contributed by atoms with Gasteiger partial charge in [0.2, 0.25) is 0 Å². The van der Waals surface area contributed by atoms with E-state index in [1.807, 2.05) is 12.1 Å². The molecule has 0 bridgehead atoms. The molecule has 37 heavy (non-hydrogen) atoms. The number of piperazine rings is 1. The van der Waals surface area contributed by atoms with E-state index in [9.17, 15) is 27.2 Å². The summed E-state index contributed by atoms with van der Waals surface area (Å²) in [5.41, 5.74) is 0.863. The monoisotopic (exact) mass is 532 g/mol. The molecule has 1 aromatic rings. The summed E-state index contributed by atoms with van der Waals surface area (Å²) in [5, 5.41) is 0. The van der Waals surface area contributed by atoms with Gasteiger partial charge < -0.3 is 14.4 Å². The van der Waals surface area contributed by atoms with Crippen molar-refractivity contribution in [3.05, 3.63) is 30.1 Å². The van der Waals surface area contributed by atoms with E-state index >= 15 is 0 Å². The number of cyclic esters (lactones) is 1. The third-order valence-corrected chi connectivity index (χ3v) is 6.83. The second-order valence-corrected chi connectivity index (χ2v) is 9.85. The highest BCUT2D eigenvalue weighted by atomic mass is 19.4. The van der Waals surface area contributed by atoms with Gasteiger partial charge in [-0.1, -0.05) is 33.1 Å². The second kappa shape index (κ2) is 14.5. The molecule has 10 heteroatoms. The molecule has 3 rings (SSSR count). The summed E-state index contributed by atoms with van der Waals surface area (Å²) in [6, 6.07) is 6.76. The van der Waals surface area contributed by atoms with Gasteiger partial charge in [0.25, 0.3) is 0 Å². The number of unbranched alkanes of at least 4 members (excludes halogenated alkanes) is 1. The first-order valence-corrected chi connectivity index (χ1v) is 13.1. The van der Waals surface area contributed by atoms with E-state index in [4.69, 9.17) is 4.74 Å². The fourth-order valence-corrected chi connectivity index (χ4v) is 4.92. The van der Waals surface area contributed by atoms with Gasteiger partial charge >= 0.3 is 18.1 Å². The Balaban J connectivity index is 0.000000458. The molecule has 0 amide bonds. The standard InChI is InChI=1S/C23H35FN2O2.C4H5F3O2/c1-3-5-12-23(11-4-2)18-21(28-22(23)27)10-13-25-14-16-26(17-15-25)20-8-6-19(24)7-9-20;1-3(8)9-2-4(5,6)7/h6-9,21H,3-5,10-18H2,1-2H3;2H2,1H3/t21-,23?;/m0./s1. The Morgan fingerprint density at radius 3 is 2.24 bits per heavy atom. The third-order valence-electron chi connectivity index (χ3n) is 6.83. The Hall–Kier alpha value is -2.36. The van der Waals surface area contributed by atoms with Gasteiger partial charge in [-0.3, -0.25) is 14.5 Å². The van der Waals surface area contributed by atoms with Crippen molar-refractivity contribution < 1.29 is 36.6 Å². The summed E-state index contributed by atoms with van der Waals surface area (Å²) in [6.45, 7) is 8.64. The summed E-state index contributed by atoms with van der Waals surface area (Å²) in [7, 11) is 0. The molecule has 2 saturated heterocycles. The molecule has 0 aromatic heterocycles. The summed E-state index contributed by atoms with van der Waals surface area (Å²) in [5.74, 6) is -1.06. The van der Waals surface area contributed by atoms with Crippen LogP contribution in [0, 0.1) is 11.2 Å². The van der Waals surface area contributed by atoms with Crippen LogP contribution in [0.5, 0.6) is 0 Å². The van der Waals surface area contributed by atoms with Crippen LogP contribution in [0.4, 0.5) is 23.2 Å². The Kier molecular flexibility index (Phi) is 12.1. The van der Waals surface area contributed by atoms with Gasteiger partial charge in [-0.25, -0.2) is 4.39 Å². The molecular formula is C27H40F4N2O4. The maximum absolute atomic E-state index is 13.1. The molecule has 1 aromatic carbocycles. The van der Waals surface area contributed by atoms with Crippen LogP contribution in [-0.2, 0) is 19.1 Å². The van der Waals surface area contributed by atoms with E-state index in [0.29, 0.717) is 0 Å². The van der Waals surface area contributed by atoms with Crippen LogP contribution in [0.25, 0.3) is 0 Å². The number of ether oxygens (including phenoxy) is 2. The van der Waals surface area contributed by atoms with Crippen molar-refractivity contribution in [3.8, 4) is 0 Å². The maximum atomic E-state index is 13.1. The molecule has 0 aliphatic carbocycles. The smallest absolute Gasteiger partial charge is 0.422 e. The number of hydrogen-bond acceptors (Lipinski definition) is 6. The van der Waals surface area contributed by atoms with Crippen LogP contribution in [0.3, 0.4) is 0 Å². The number of alkyl halides is 3. The van der Waals surface area contributed by atoms with Crippen molar-refractivity contribution in [2.45, 2.75) is 78.0 Å². The molecule has 0 spiro atoms. The van der Waals surface area contributed by atoms with E-state index in [-0.39, 0.29) is 23.3 Å². The molecule has 210 valence electrons. The molecule has 0 N–H and O–H groups in total. The summed E-state index contributed by atoms with van der Waals surface area (Å²) in [6.07, 6.45) is 2.69. The van der Waals surface area contributed by atoms with Gasteiger partial charge in [-0.15, -0.1) is 0 Å². The second-order valence-electron chi connectivity index (χ2n) is 9.85. The molecule has 2 atom stereocenters. The minimum Gasteiger partial charge on any atom is -0.462 e. The number of rotatable bonds is 10. The maximum Gasteiger partial charge on any atom is 0.422 e. The first-order chi connectivity index (χ1) is 17.5. The number of carbonyl (C=O) groups is 2. The molecule has 2 fully saturated rings. The molecule has 6 nitrogen and oxygen atoms in total. The lowest BCUT2D eigenvalue weighted by atomic mass is 9.76. The average molecular weight is 533 g/mol. The molecule has 0 radical (unpaired) electrons. The van der Waals surface area contributed by atoms with Crippen molar-refractivity contribution in [1.82, 2.24) is 4.90 Å². The SMILES string of the molecule is CC(=O)OCC(F)(F)F.CCCCC1(CCC)C[C@H](CCN2CCN(c3ccc(F)cc3)CC2)OC1=O. The van der Waals surface area contributed by atoms with Crippen molar-refractivity contribution in [1.29, 1.82) is 0 Å². The largest absolute Gasteiger partial charge is 0.462 e. The fraction of sp³-hybridized carbons (Fsp3) is 0.704. The van der Waals surface area contributed by atoms with Crippen molar-refractivity contribution in [2.24, 2.45) is 5.41 Å². The highest BCUT2D eigenvalue weighted by Gasteiger charge is 2.47. The normalized spacial score (nSPS) is 22.3. The number of halogens is 4. The lowest BCUT2D eigenvalue weighted by Crippen LogP contribution is -2.47. The van der Waals surface area contributed by atoms with Gasteiger partial charge in [0.05, 0.1) is 5.41 Å². The highest BCUT2D eigenvalue weighted by molar-refractivity contribution is 5.79. The van der Waals surface area contributed by atoms with Crippen LogP contribution in [-0.4, -0.2) is 68.4 Å². The highest BCUT2D eigenvalue weighted by Crippen LogP contribution is 2.43. The van der Waals surface area contributed by atoms with E-state index in [1.54, 1.807) is 0 Å². The molecule has 0 saturated carbocycles. The lowest BCUT2D eigenvalue weighted by Gasteiger charge is -2.36.